The van der Waals surface area contributed by atoms with E-state index in [0.29, 0.717) is 23.8 Å². The molecule has 0 unspecified atom stereocenters. The Hall–Kier alpha value is -3.24. The maximum Gasteiger partial charge on any atom is 0.265 e. The minimum atomic E-state index is -0.165. The summed E-state index contributed by atoms with van der Waals surface area (Å²) in [6, 6.07) is 17.3. The van der Waals surface area contributed by atoms with Gasteiger partial charge in [-0.2, -0.15) is 10.4 Å². The SMILES string of the molecule is CSc1ccc(CN(C(=O)COc2ccccc2)c2c(C)nn(CC(C)C)c2C)cc1C#N. The number of nitriles is 1. The molecule has 0 aliphatic rings. The fourth-order valence-electron chi connectivity index (χ4n) is 3.76. The Balaban J connectivity index is 1.95. The van der Waals surface area contributed by atoms with Crippen LogP contribution in [0.3, 0.4) is 0 Å². The molecule has 172 valence electrons. The van der Waals surface area contributed by atoms with Crippen molar-refractivity contribution in [3.8, 4) is 11.8 Å². The first-order valence-corrected chi connectivity index (χ1v) is 12.2. The van der Waals surface area contributed by atoms with Gasteiger partial charge in [-0.1, -0.05) is 38.1 Å². The first-order valence-electron chi connectivity index (χ1n) is 10.9. The molecule has 7 heteroatoms. The van der Waals surface area contributed by atoms with Crippen molar-refractivity contribution in [3.05, 3.63) is 71.0 Å². The zero-order chi connectivity index (χ0) is 24.0. The molecule has 3 rings (SSSR count). The number of anilines is 1. The molecule has 0 atom stereocenters. The molecule has 0 fully saturated rings. The summed E-state index contributed by atoms with van der Waals surface area (Å²) in [6.45, 7) is 9.22. The topological polar surface area (TPSA) is 71.2 Å². The van der Waals surface area contributed by atoms with E-state index < -0.39 is 0 Å². The van der Waals surface area contributed by atoms with Gasteiger partial charge in [0.2, 0.25) is 0 Å². The third-order valence-electron chi connectivity index (χ3n) is 5.28. The van der Waals surface area contributed by atoms with Crippen LogP contribution in [-0.2, 0) is 17.9 Å². The predicted octanol–water partition coefficient (Wildman–Crippen LogP) is 5.36. The van der Waals surface area contributed by atoms with Crippen LogP contribution < -0.4 is 9.64 Å². The first kappa shape index (κ1) is 24.4. The van der Waals surface area contributed by atoms with E-state index >= 15 is 0 Å². The number of aryl methyl sites for hydroxylation is 1. The fraction of sp³-hybridized carbons (Fsp3) is 0.346. The lowest BCUT2D eigenvalue weighted by molar-refractivity contribution is -0.120. The number of aromatic nitrogens is 2. The first-order chi connectivity index (χ1) is 15.8. The van der Waals surface area contributed by atoms with Crippen LogP contribution in [-0.4, -0.2) is 28.6 Å². The minimum absolute atomic E-state index is 0.0910. The molecule has 0 radical (unpaired) electrons. The number of rotatable bonds is 9. The summed E-state index contributed by atoms with van der Waals surface area (Å²) in [7, 11) is 0. The molecule has 0 aliphatic heterocycles. The van der Waals surface area contributed by atoms with Crippen LogP contribution in [0.1, 0.15) is 36.4 Å². The quantitative estimate of drug-likeness (QED) is 0.400. The number of ether oxygens (including phenoxy) is 1. The number of nitrogens with zero attached hydrogens (tertiary/aromatic N) is 4. The number of thioether (sulfide) groups is 1. The second-order valence-electron chi connectivity index (χ2n) is 8.32. The molecule has 0 spiro atoms. The zero-order valence-corrected chi connectivity index (χ0v) is 20.6. The monoisotopic (exact) mass is 462 g/mol. The molecule has 0 bridgehead atoms. The molecule has 33 heavy (non-hydrogen) atoms. The molecule has 1 heterocycles. The summed E-state index contributed by atoms with van der Waals surface area (Å²) >= 11 is 1.53. The van der Waals surface area contributed by atoms with Crippen LogP contribution in [0.25, 0.3) is 0 Å². The van der Waals surface area contributed by atoms with E-state index in [1.807, 2.05) is 73.3 Å². The molecule has 3 aromatic rings. The lowest BCUT2D eigenvalue weighted by Gasteiger charge is -2.24. The molecular weight excluding hydrogens is 432 g/mol. The van der Waals surface area contributed by atoms with Gasteiger partial charge in [0.05, 0.1) is 29.2 Å². The van der Waals surface area contributed by atoms with Crippen LogP contribution in [0, 0.1) is 31.1 Å². The van der Waals surface area contributed by atoms with Crippen molar-refractivity contribution in [1.82, 2.24) is 9.78 Å². The van der Waals surface area contributed by atoms with Crippen LogP contribution in [0.4, 0.5) is 5.69 Å². The van der Waals surface area contributed by atoms with Gasteiger partial charge in [-0.25, -0.2) is 0 Å². The Morgan fingerprint density at radius 1 is 1.21 bits per heavy atom. The molecule has 0 saturated heterocycles. The number of carbonyl (C=O) groups is 1. The second-order valence-corrected chi connectivity index (χ2v) is 9.17. The number of carbonyl (C=O) groups excluding carboxylic acids is 1. The zero-order valence-electron chi connectivity index (χ0n) is 19.8. The van der Waals surface area contributed by atoms with Crippen LogP contribution >= 0.6 is 11.8 Å². The van der Waals surface area contributed by atoms with E-state index in [1.54, 1.807) is 4.90 Å². The average Bonchev–Trinajstić information content (AvgIpc) is 3.08. The Labute approximate surface area is 200 Å². The molecule has 2 aromatic carbocycles. The standard InChI is InChI=1S/C26H30N4O2S/c1-18(2)15-30-20(4)26(19(3)28-30)29(25(31)17-32-23-9-7-6-8-10-23)16-21-11-12-24(33-5)22(13-21)14-27/h6-13,18H,15-17H2,1-5H3. The van der Waals surface area contributed by atoms with Gasteiger partial charge in [0.1, 0.15) is 11.8 Å². The summed E-state index contributed by atoms with van der Waals surface area (Å²) in [6.07, 6.45) is 1.95. The van der Waals surface area contributed by atoms with Gasteiger partial charge in [-0.3, -0.25) is 9.48 Å². The average molecular weight is 463 g/mol. The molecule has 6 nitrogen and oxygen atoms in total. The van der Waals surface area contributed by atoms with Gasteiger partial charge in [-0.15, -0.1) is 11.8 Å². The molecule has 0 aliphatic carbocycles. The van der Waals surface area contributed by atoms with Crippen LogP contribution in [0.5, 0.6) is 5.75 Å². The highest BCUT2D eigenvalue weighted by atomic mass is 32.2. The van der Waals surface area contributed by atoms with Gasteiger partial charge in [0.15, 0.2) is 6.61 Å². The molecule has 0 saturated carbocycles. The number of para-hydroxylation sites is 1. The van der Waals surface area contributed by atoms with Crippen molar-refractivity contribution in [3.63, 3.8) is 0 Å². The third kappa shape index (κ3) is 5.96. The number of amides is 1. The van der Waals surface area contributed by atoms with Gasteiger partial charge >= 0.3 is 0 Å². The van der Waals surface area contributed by atoms with Crippen molar-refractivity contribution in [2.75, 3.05) is 17.8 Å². The molecule has 0 N–H and O–H groups in total. The van der Waals surface area contributed by atoms with E-state index in [-0.39, 0.29) is 12.5 Å². The Bertz CT molecular complexity index is 1150. The lowest BCUT2D eigenvalue weighted by Crippen LogP contribution is -2.35. The maximum atomic E-state index is 13.4. The number of benzene rings is 2. The van der Waals surface area contributed by atoms with Gasteiger partial charge in [0, 0.05) is 11.4 Å². The molecular formula is C26H30N4O2S. The maximum absolute atomic E-state index is 13.4. The predicted molar refractivity (Wildman–Crippen MR) is 133 cm³/mol. The lowest BCUT2D eigenvalue weighted by atomic mass is 10.1. The Morgan fingerprint density at radius 3 is 2.58 bits per heavy atom. The van der Waals surface area contributed by atoms with Crippen molar-refractivity contribution in [1.29, 1.82) is 5.26 Å². The van der Waals surface area contributed by atoms with Crippen LogP contribution in [0.15, 0.2) is 53.4 Å². The minimum Gasteiger partial charge on any atom is -0.484 e. The highest BCUT2D eigenvalue weighted by Gasteiger charge is 2.25. The van der Waals surface area contributed by atoms with Crippen molar-refractivity contribution >= 4 is 23.4 Å². The number of hydrogen-bond acceptors (Lipinski definition) is 5. The van der Waals surface area contributed by atoms with E-state index in [4.69, 9.17) is 9.84 Å². The van der Waals surface area contributed by atoms with E-state index in [2.05, 4.69) is 19.9 Å². The Morgan fingerprint density at radius 2 is 1.94 bits per heavy atom. The third-order valence-corrected chi connectivity index (χ3v) is 6.08. The normalized spacial score (nSPS) is 10.8. The highest BCUT2D eigenvalue weighted by molar-refractivity contribution is 7.98. The van der Waals surface area contributed by atoms with Crippen molar-refractivity contribution < 1.29 is 9.53 Å². The fourth-order valence-corrected chi connectivity index (χ4v) is 4.29. The summed E-state index contributed by atoms with van der Waals surface area (Å²) in [4.78, 5) is 16.1. The largest absolute Gasteiger partial charge is 0.484 e. The Kier molecular flexibility index (Phi) is 8.18. The van der Waals surface area contributed by atoms with Crippen LogP contribution in [0.2, 0.25) is 0 Å². The smallest absolute Gasteiger partial charge is 0.265 e. The van der Waals surface area contributed by atoms with Gasteiger partial charge < -0.3 is 9.64 Å². The van der Waals surface area contributed by atoms with E-state index in [1.165, 1.54) is 11.8 Å². The molecule has 1 amide bonds. The second kappa shape index (κ2) is 11.1. The summed E-state index contributed by atoms with van der Waals surface area (Å²) in [5, 5.41) is 14.2. The summed E-state index contributed by atoms with van der Waals surface area (Å²) < 4.78 is 7.73. The van der Waals surface area contributed by atoms with Gasteiger partial charge in [0.25, 0.3) is 5.91 Å². The number of hydrogen-bond donors (Lipinski definition) is 0. The van der Waals surface area contributed by atoms with E-state index in [0.717, 1.165) is 34.1 Å². The summed E-state index contributed by atoms with van der Waals surface area (Å²) in [5.74, 6) is 0.908. The van der Waals surface area contributed by atoms with Crippen molar-refractivity contribution in [2.45, 2.75) is 45.7 Å². The van der Waals surface area contributed by atoms with Gasteiger partial charge in [-0.05, 0) is 55.9 Å². The van der Waals surface area contributed by atoms with E-state index in [9.17, 15) is 10.1 Å². The molecule has 1 aromatic heterocycles. The highest BCUT2D eigenvalue weighted by Crippen LogP contribution is 2.29. The summed E-state index contributed by atoms with van der Waals surface area (Å²) in [5.41, 5.74) is 4.02. The van der Waals surface area contributed by atoms with Crippen molar-refractivity contribution in [2.24, 2.45) is 5.92 Å².